The van der Waals surface area contributed by atoms with Crippen molar-refractivity contribution in [1.82, 2.24) is 5.32 Å². The van der Waals surface area contributed by atoms with Crippen LogP contribution in [0, 0.1) is 5.92 Å². The summed E-state index contributed by atoms with van der Waals surface area (Å²) >= 11 is 4.87. The van der Waals surface area contributed by atoms with Gasteiger partial charge < -0.3 is 11.1 Å². The summed E-state index contributed by atoms with van der Waals surface area (Å²) < 4.78 is 0. The fraction of sp³-hybridized carbons (Fsp3) is 0.467. The van der Waals surface area contributed by atoms with Gasteiger partial charge in [0.05, 0.1) is 4.99 Å². The number of nitrogens with two attached hydrogens (primary N) is 1. The minimum Gasteiger partial charge on any atom is -0.393 e. The molecule has 0 fully saturated rings. The first-order chi connectivity index (χ1) is 8.71. The first-order valence-electron chi connectivity index (χ1n) is 6.40. The van der Waals surface area contributed by atoms with E-state index in [2.05, 4.69) is 26.1 Å². The van der Waals surface area contributed by atoms with E-state index < -0.39 is 0 Å². The molecule has 0 heterocycles. The maximum atomic E-state index is 11.9. The average Bonchev–Trinajstić information content (AvgIpc) is 2.34. The van der Waals surface area contributed by atoms with E-state index in [0.717, 1.165) is 0 Å². The number of amides is 1. The van der Waals surface area contributed by atoms with Gasteiger partial charge in [-0.1, -0.05) is 52.0 Å². The fourth-order valence-corrected chi connectivity index (χ4v) is 1.65. The molecule has 4 heteroatoms. The molecule has 1 atom stereocenters. The Morgan fingerprint density at radius 3 is 2.26 bits per heavy atom. The molecule has 1 rings (SSSR count). The highest BCUT2D eigenvalue weighted by Gasteiger charge is 2.14. The lowest BCUT2D eigenvalue weighted by Crippen LogP contribution is -2.33. The third-order valence-electron chi connectivity index (χ3n) is 3.07. The van der Waals surface area contributed by atoms with Gasteiger partial charge in [-0.25, -0.2) is 0 Å². The number of hydrogen-bond donors (Lipinski definition) is 2. The second-order valence-electron chi connectivity index (χ2n) is 5.84. The van der Waals surface area contributed by atoms with Gasteiger partial charge in [0.2, 0.25) is 0 Å². The largest absolute Gasteiger partial charge is 0.393 e. The normalized spacial score (nSPS) is 12.8. The first-order valence-corrected chi connectivity index (χ1v) is 6.80. The lowest BCUT2D eigenvalue weighted by atomic mass is 9.87. The number of hydrogen-bond acceptors (Lipinski definition) is 2. The van der Waals surface area contributed by atoms with Crippen LogP contribution in [0.1, 0.15) is 43.6 Å². The summed E-state index contributed by atoms with van der Waals surface area (Å²) in [5.41, 5.74) is 7.47. The van der Waals surface area contributed by atoms with E-state index in [1.807, 2.05) is 31.2 Å². The van der Waals surface area contributed by atoms with E-state index in [-0.39, 0.29) is 17.2 Å². The molecule has 1 amide bonds. The summed E-state index contributed by atoms with van der Waals surface area (Å²) in [6.07, 6.45) is 0. The summed E-state index contributed by atoms with van der Waals surface area (Å²) in [7, 11) is 0. The van der Waals surface area contributed by atoms with Gasteiger partial charge in [-0.2, -0.15) is 0 Å². The third-order valence-corrected chi connectivity index (χ3v) is 3.47. The lowest BCUT2D eigenvalue weighted by Gasteiger charge is -2.19. The molecule has 0 spiro atoms. The minimum atomic E-state index is -0.0939. The Hall–Kier alpha value is -1.42. The van der Waals surface area contributed by atoms with Crippen molar-refractivity contribution in [2.45, 2.75) is 33.1 Å². The van der Waals surface area contributed by atoms with Crippen LogP contribution in [0.25, 0.3) is 0 Å². The second kappa shape index (κ2) is 6.15. The monoisotopic (exact) mass is 278 g/mol. The van der Waals surface area contributed by atoms with Crippen LogP contribution in [0.15, 0.2) is 24.3 Å². The molecule has 3 N–H and O–H groups in total. The van der Waals surface area contributed by atoms with Crippen molar-refractivity contribution in [3.8, 4) is 0 Å². The number of carbonyl (C=O) groups excluding carboxylic acids is 1. The minimum absolute atomic E-state index is 0.00722. The van der Waals surface area contributed by atoms with Gasteiger partial charge in [0, 0.05) is 18.0 Å². The predicted molar refractivity (Wildman–Crippen MR) is 83.4 cm³/mol. The molecule has 0 aliphatic carbocycles. The topological polar surface area (TPSA) is 55.1 Å². The maximum absolute atomic E-state index is 11.9. The highest BCUT2D eigenvalue weighted by atomic mass is 32.1. The van der Waals surface area contributed by atoms with Crippen LogP contribution < -0.4 is 11.1 Å². The van der Waals surface area contributed by atoms with E-state index >= 15 is 0 Å². The fourth-order valence-electron chi connectivity index (χ4n) is 1.57. The van der Waals surface area contributed by atoms with Crippen molar-refractivity contribution in [2.24, 2.45) is 11.7 Å². The van der Waals surface area contributed by atoms with Crippen LogP contribution >= 0.6 is 12.2 Å². The van der Waals surface area contributed by atoms with Gasteiger partial charge >= 0.3 is 0 Å². The summed E-state index contributed by atoms with van der Waals surface area (Å²) in [6, 6.07) is 7.68. The Morgan fingerprint density at radius 2 is 1.84 bits per heavy atom. The lowest BCUT2D eigenvalue weighted by molar-refractivity contribution is 0.0951. The molecule has 0 saturated heterocycles. The van der Waals surface area contributed by atoms with Gasteiger partial charge in [-0.05, 0) is 23.1 Å². The smallest absolute Gasteiger partial charge is 0.251 e. The Kier molecular flexibility index (Phi) is 5.06. The summed E-state index contributed by atoms with van der Waals surface area (Å²) in [4.78, 5) is 12.4. The van der Waals surface area contributed by atoms with E-state index in [0.29, 0.717) is 17.1 Å². The molecule has 0 saturated carbocycles. The molecule has 0 aliphatic rings. The molecule has 0 aromatic heterocycles. The standard InChI is InChI=1S/C15H22N2OS/c1-10(13(16)19)9-17-14(18)11-5-7-12(8-6-11)15(2,3)4/h5-8,10H,9H2,1-4H3,(H2,16,19)(H,17,18). The summed E-state index contributed by atoms with van der Waals surface area (Å²) in [5.74, 6) is -0.0867. The van der Waals surface area contributed by atoms with Crippen molar-refractivity contribution in [3.05, 3.63) is 35.4 Å². The third kappa shape index (κ3) is 4.63. The molecule has 1 unspecified atom stereocenters. The first kappa shape index (κ1) is 15.6. The van der Waals surface area contributed by atoms with Crippen LogP contribution in [0.5, 0.6) is 0 Å². The van der Waals surface area contributed by atoms with Gasteiger partial charge in [0.15, 0.2) is 0 Å². The van der Waals surface area contributed by atoms with Crippen molar-refractivity contribution in [1.29, 1.82) is 0 Å². The SMILES string of the molecule is CC(CNC(=O)c1ccc(C(C)(C)C)cc1)C(N)=S. The number of carbonyl (C=O) groups is 1. The molecule has 1 aromatic carbocycles. The number of rotatable bonds is 4. The zero-order valence-corrected chi connectivity index (χ0v) is 12.8. The zero-order chi connectivity index (χ0) is 14.6. The molecule has 19 heavy (non-hydrogen) atoms. The molecular weight excluding hydrogens is 256 g/mol. The Morgan fingerprint density at radius 1 is 1.32 bits per heavy atom. The number of thiocarbonyl (C=S) groups is 1. The molecule has 104 valence electrons. The summed E-state index contributed by atoms with van der Waals surface area (Å²) in [6.45, 7) is 8.80. The second-order valence-corrected chi connectivity index (χ2v) is 6.31. The zero-order valence-electron chi connectivity index (χ0n) is 12.0. The number of benzene rings is 1. The van der Waals surface area contributed by atoms with Gasteiger partial charge in [-0.3, -0.25) is 4.79 Å². The van der Waals surface area contributed by atoms with Crippen molar-refractivity contribution >= 4 is 23.1 Å². The Balaban J connectivity index is 2.66. The van der Waals surface area contributed by atoms with Crippen molar-refractivity contribution in [2.75, 3.05) is 6.54 Å². The quantitative estimate of drug-likeness (QED) is 0.833. The molecule has 0 radical (unpaired) electrons. The molecule has 3 nitrogen and oxygen atoms in total. The van der Waals surface area contributed by atoms with E-state index in [1.165, 1.54) is 5.56 Å². The molecule has 0 bridgehead atoms. The van der Waals surface area contributed by atoms with Gasteiger partial charge in [0.25, 0.3) is 5.91 Å². The van der Waals surface area contributed by atoms with Crippen LogP contribution in [-0.4, -0.2) is 17.4 Å². The molecule has 0 aliphatic heterocycles. The Bertz CT molecular complexity index is 460. The highest BCUT2D eigenvalue weighted by Crippen LogP contribution is 2.22. The van der Waals surface area contributed by atoms with E-state index in [9.17, 15) is 4.79 Å². The van der Waals surface area contributed by atoms with Gasteiger partial charge in [0.1, 0.15) is 0 Å². The van der Waals surface area contributed by atoms with Crippen LogP contribution in [0.2, 0.25) is 0 Å². The van der Waals surface area contributed by atoms with E-state index in [1.54, 1.807) is 0 Å². The highest BCUT2D eigenvalue weighted by molar-refractivity contribution is 7.80. The average molecular weight is 278 g/mol. The predicted octanol–water partition coefficient (Wildman–Crippen LogP) is 2.64. The molecule has 1 aromatic rings. The van der Waals surface area contributed by atoms with E-state index in [4.69, 9.17) is 18.0 Å². The Labute approximate surface area is 120 Å². The number of nitrogens with one attached hydrogen (secondary N) is 1. The maximum Gasteiger partial charge on any atom is 0.251 e. The van der Waals surface area contributed by atoms with Crippen molar-refractivity contribution < 1.29 is 4.79 Å². The van der Waals surface area contributed by atoms with Crippen LogP contribution in [0.4, 0.5) is 0 Å². The van der Waals surface area contributed by atoms with Crippen molar-refractivity contribution in [3.63, 3.8) is 0 Å². The van der Waals surface area contributed by atoms with Crippen LogP contribution in [0.3, 0.4) is 0 Å². The summed E-state index contributed by atoms with van der Waals surface area (Å²) in [5, 5.41) is 2.83. The van der Waals surface area contributed by atoms with Gasteiger partial charge in [-0.15, -0.1) is 0 Å². The van der Waals surface area contributed by atoms with Crippen LogP contribution in [-0.2, 0) is 5.41 Å². The molecular formula is C15H22N2OS.